The van der Waals surface area contributed by atoms with Crippen molar-refractivity contribution in [1.29, 1.82) is 0 Å². The lowest BCUT2D eigenvalue weighted by atomic mass is 10.1. The van der Waals surface area contributed by atoms with Crippen LogP contribution in [0.15, 0.2) is 48.8 Å². The molecule has 0 N–H and O–H groups in total. The van der Waals surface area contributed by atoms with E-state index in [-0.39, 0.29) is 11.7 Å². The Kier molecular flexibility index (Phi) is 5.35. The van der Waals surface area contributed by atoms with Gasteiger partial charge in [0.1, 0.15) is 11.4 Å². The minimum atomic E-state index is -0.647. The molecule has 3 rings (SSSR count). The lowest BCUT2D eigenvalue weighted by Crippen LogP contribution is -2.28. The first kappa shape index (κ1) is 18.4. The van der Waals surface area contributed by atoms with Gasteiger partial charge in [0, 0.05) is 17.8 Å². The van der Waals surface area contributed by atoms with E-state index < -0.39 is 11.0 Å². The van der Waals surface area contributed by atoms with Gasteiger partial charge in [-0.15, -0.1) is 0 Å². The monoisotopic (exact) mass is 369 g/mol. The Labute approximate surface area is 155 Å². The number of fused-ring (bicyclic) bond motifs is 1. The minimum absolute atomic E-state index is 0.000212. The average molecular weight is 369 g/mol. The van der Waals surface area contributed by atoms with Crippen molar-refractivity contribution in [2.45, 2.75) is 26.4 Å². The maximum Gasteiger partial charge on any atom is 0.347 e. The predicted molar refractivity (Wildman–Crippen MR) is 98.6 cm³/mol. The number of nitro groups is 1. The largest absolute Gasteiger partial charge is 0.479 e. The van der Waals surface area contributed by atoms with Crippen molar-refractivity contribution >= 4 is 17.3 Å². The second-order valence-electron chi connectivity index (χ2n) is 5.83. The molecule has 0 aliphatic rings. The molecule has 2 aromatic heterocycles. The van der Waals surface area contributed by atoms with Gasteiger partial charge in [-0.25, -0.2) is 9.78 Å². The molecule has 0 aliphatic carbocycles. The Morgan fingerprint density at radius 2 is 1.93 bits per heavy atom. The molecule has 0 spiro atoms. The van der Waals surface area contributed by atoms with Crippen molar-refractivity contribution < 1.29 is 19.2 Å². The number of aromatic nitrogens is 2. The number of imidazole rings is 1. The molecule has 2 heterocycles. The van der Waals surface area contributed by atoms with Crippen LogP contribution in [0.3, 0.4) is 0 Å². The zero-order chi connectivity index (χ0) is 19.4. The Morgan fingerprint density at radius 3 is 2.56 bits per heavy atom. The second-order valence-corrected chi connectivity index (χ2v) is 5.83. The van der Waals surface area contributed by atoms with Crippen LogP contribution in [0.2, 0.25) is 0 Å². The molecule has 1 atom stereocenters. The summed E-state index contributed by atoms with van der Waals surface area (Å²) in [5, 5.41) is 10.9. The lowest BCUT2D eigenvalue weighted by molar-refractivity contribution is -0.385. The predicted octanol–water partition coefficient (Wildman–Crippen LogP) is 3.63. The smallest absolute Gasteiger partial charge is 0.347 e. The fourth-order valence-corrected chi connectivity index (χ4v) is 2.63. The zero-order valence-corrected chi connectivity index (χ0v) is 15.0. The number of carbonyl (C=O) groups is 1. The van der Waals surface area contributed by atoms with Gasteiger partial charge in [-0.1, -0.05) is 6.92 Å². The quantitative estimate of drug-likeness (QED) is 0.358. The van der Waals surface area contributed by atoms with Gasteiger partial charge in [-0.2, -0.15) is 0 Å². The number of esters is 1. The van der Waals surface area contributed by atoms with Crippen LogP contribution in [-0.2, 0) is 9.53 Å². The van der Waals surface area contributed by atoms with E-state index in [1.54, 1.807) is 35.7 Å². The number of nitrogens with zero attached hydrogens (tertiary/aromatic N) is 3. The molecule has 1 unspecified atom stereocenters. The summed E-state index contributed by atoms with van der Waals surface area (Å²) in [6.45, 7) is 3.92. The number of hydrogen-bond donors (Lipinski definition) is 0. The fraction of sp³-hybridized carbons (Fsp3) is 0.263. The summed E-state index contributed by atoms with van der Waals surface area (Å²) in [6, 6.07) is 10.2. The summed E-state index contributed by atoms with van der Waals surface area (Å²) < 4.78 is 12.3. The van der Waals surface area contributed by atoms with Gasteiger partial charge in [0.15, 0.2) is 6.10 Å². The van der Waals surface area contributed by atoms with Crippen LogP contribution in [0.5, 0.6) is 5.75 Å². The standard InChI is InChI=1S/C19H19N3O5/c1-3-17(19(23)26-4-2)27-15-8-5-13(6-9-15)16-12-21-11-14(22(24)25)7-10-18(21)20-16/h5-12,17H,3-4H2,1-2H3. The van der Waals surface area contributed by atoms with Gasteiger partial charge in [-0.05, 0) is 43.7 Å². The van der Waals surface area contributed by atoms with Crippen molar-refractivity contribution in [1.82, 2.24) is 9.38 Å². The maximum atomic E-state index is 11.8. The first-order valence-corrected chi connectivity index (χ1v) is 8.58. The lowest BCUT2D eigenvalue weighted by Gasteiger charge is -2.16. The Bertz CT molecular complexity index is 965. The molecule has 8 heteroatoms. The molecule has 3 aromatic rings. The molecule has 0 saturated carbocycles. The molecule has 140 valence electrons. The highest BCUT2D eigenvalue weighted by atomic mass is 16.6. The summed E-state index contributed by atoms with van der Waals surface area (Å²) in [4.78, 5) is 26.7. The molecular weight excluding hydrogens is 350 g/mol. The molecular formula is C19H19N3O5. The number of benzene rings is 1. The highest BCUT2D eigenvalue weighted by Crippen LogP contribution is 2.24. The third-order valence-corrected chi connectivity index (χ3v) is 3.99. The number of carbonyl (C=O) groups excluding carboxylic acids is 1. The van der Waals surface area contributed by atoms with E-state index in [1.165, 1.54) is 12.3 Å². The van der Waals surface area contributed by atoms with E-state index in [9.17, 15) is 14.9 Å². The van der Waals surface area contributed by atoms with Gasteiger partial charge in [0.2, 0.25) is 0 Å². The summed E-state index contributed by atoms with van der Waals surface area (Å²) in [6.07, 6.45) is 3.01. The van der Waals surface area contributed by atoms with Crippen LogP contribution < -0.4 is 4.74 Å². The highest BCUT2D eigenvalue weighted by Gasteiger charge is 2.19. The van der Waals surface area contributed by atoms with E-state index >= 15 is 0 Å². The first-order chi connectivity index (χ1) is 13.0. The Hall–Kier alpha value is -3.42. The van der Waals surface area contributed by atoms with E-state index in [0.29, 0.717) is 30.1 Å². The number of ether oxygens (including phenoxy) is 2. The van der Waals surface area contributed by atoms with Crippen molar-refractivity contribution in [3.8, 4) is 17.0 Å². The maximum absolute atomic E-state index is 11.8. The fourth-order valence-electron chi connectivity index (χ4n) is 2.63. The van der Waals surface area contributed by atoms with Crippen molar-refractivity contribution in [2.24, 2.45) is 0 Å². The van der Waals surface area contributed by atoms with Crippen molar-refractivity contribution in [2.75, 3.05) is 6.61 Å². The topological polar surface area (TPSA) is 96.0 Å². The third-order valence-electron chi connectivity index (χ3n) is 3.99. The van der Waals surface area contributed by atoms with E-state index in [0.717, 1.165) is 5.56 Å². The molecule has 0 fully saturated rings. The molecule has 0 radical (unpaired) electrons. The van der Waals surface area contributed by atoms with Crippen LogP contribution in [0, 0.1) is 10.1 Å². The normalized spacial score (nSPS) is 11.9. The van der Waals surface area contributed by atoms with Crippen LogP contribution in [0.4, 0.5) is 5.69 Å². The van der Waals surface area contributed by atoms with Crippen LogP contribution in [-0.4, -0.2) is 33.0 Å². The van der Waals surface area contributed by atoms with E-state index in [4.69, 9.17) is 9.47 Å². The molecule has 0 saturated heterocycles. The van der Waals surface area contributed by atoms with Gasteiger partial charge >= 0.3 is 5.97 Å². The molecule has 0 bridgehead atoms. The van der Waals surface area contributed by atoms with Gasteiger partial charge < -0.3 is 9.47 Å². The second kappa shape index (κ2) is 7.86. The number of pyridine rings is 1. The average Bonchev–Trinajstić information content (AvgIpc) is 3.10. The minimum Gasteiger partial charge on any atom is -0.479 e. The summed E-state index contributed by atoms with van der Waals surface area (Å²) in [7, 11) is 0. The number of hydrogen-bond acceptors (Lipinski definition) is 6. The van der Waals surface area contributed by atoms with Crippen molar-refractivity contribution in [3.05, 3.63) is 58.9 Å². The van der Waals surface area contributed by atoms with Crippen LogP contribution in [0.1, 0.15) is 20.3 Å². The molecule has 1 aromatic carbocycles. The van der Waals surface area contributed by atoms with Gasteiger partial charge in [-0.3, -0.25) is 14.5 Å². The van der Waals surface area contributed by atoms with Crippen LogP contribution in [0.25, 0.3) is 16.9 Å². The summed E-state index contributed by atoms with van der Waals surface area (Å²) in [5.41, 5.74) is 2.13. The molecule has 0 aliphatic heterocycles. The van der Waals surface area contributed by atoms with Crippen molar-refractivity contribution in [3.63, 3.8) is 0 Å². The summed E-state index contributed by atoms with van der Waals surface area (Å²) in [5.74, 6) is 0.170. The van der Waals surface area contributed by atoms with Gasteiger partial charge in [0.05, 0.1) is 23.4 Å². The zero-order valence-electron chi connectivity index (χ0n) is 15.0. The third kappa shape index (κ3) is 4.05. The van der Waals surface area contributed by atoms with E-state index in [1.807, 2.05) is 19.1 Å². The molecule has 8 nitrogen and oxygen atoms in total. The van der Waals surface area contributed by atoms with Crippen LogP contribution >= 0.6 is 0 Å². The summed E-state index contributed by atoms with van der Waals surface area (Å²) >= 11 is 0. The first-order valence-electron chi connectivity index (χ1n) is 8.58. The molecule has 27 heavy (non-hydrogen) atoms. The Balaban J connectivity index is 1.79. The SMILES string of the molecule is CCOC(=O)C(CC)Oc1ccc(-c2cn3cc([N+](=O)[O-])ccc3n2)cc1. The Morgan fingerprint density at radius 1 is 1.19 bits per heavy atom. The van der Waals surface area contributed by atoms with Gasteiger partial charge in [0.25, 0.3) is 5.69 Å². The number of rotatable bonds is 7. The van der Waals surface area contributed by atoms with E-state index in [2.05, 4.69) is 4.98 Å². The molecule has 0 amide bonds. The highest BCUT2D eigenvalue weighted by molar-refractivity contribution is 5.75.